The van der Waals surface area contributed by atoms with Gasteiger partial charge in [0.15, 0.2) is 0 Å². The number of hydrogen-bond acceptors (Lipinski definition) is 2. The fourth-order valence-electron chi connectivity index (χ4n) is 4.08. The van der Waals surface area contributed by atoms with Crippen LogP contribution in [0.25, 0.3) is 0 Å². The highest BCUT2D eigenvalue weighted by Crippen LogP contribution is 2.55. The van der Waals surface area contributed by atoms with Crippen LogP contribution in [-0.4, -0.2) is 8.42 Å². The molecule has 4 heteroatoms. The third-order valence-corrected chi connectivity index (χ3v) is 7.43. The number of para-hydroxylation sites is 1. The molecule has 142 valence electrons. The Hall–Kier alpha value is -2.85. The second-order valence-electron chi connectivity index (χ2n) is 7.43. The van der Waals surface area contributed by atoms with Crippen LogP contribution in [0.4, 0.5) is 5.69 Å². The van der Waals surface area contributed by atoms with Gasteiger partial charge < -0.3 is 0 Å². The molecule has 0 aliphatic carbocycles. The number of rotatable bonds is 4. The molecule has 0 saturated carbocycles. The predicted molar refractivity (Wildman–Crippen MR) is 114 cm³/mol. The predicted octanol–water partition coefficient (Wildman–Crippen LogP) is 5.39. The average Bonchev–Trinajstić information content (AvgIpc) is 2.99. The minimum Gasteiger partial charge on any atom is -0.257 e. The second-order valence-corrected chi connectivity index (χ2v) is 9.25. The maximum Gasteiger partial charge on any atom is 0.264 e. The largest absolute Gasteiger partial charge is 0.264 e. The van der Waals surface area contributed by atoms with Gasteiger partial charge in [-0.05, 0) is 43.2 Å². The summed E-state index contributed by atoms with van der Waals surface area (Å²) in [7, 11) is -3.76. The van der Waals surface area contributed by atoms with Crippen LogP contribution < -0.4 is 4.31 Å². The van der Waals surface area contributed by atoms with E-state index in [1.54, 1.807) is 16.4 Å². The van der Waals surface area contributed by atoms with Crippen molar-refractivity contribution in [3.05, 3.63) is 108 Å². The molecule has 0 amide bonds. The fraction of sp³-hybridized carbons (Fsp3) is 0.167. The number of fused-ring (bicyclic) bond motifs is 1. The Morgan fingerprint density at radius 1 is 0.929 bits per heavy atom. The molecule has 28 heavy (non-hydrogen) atoms. The van der Waals surface area contributed by atoms with Gasteiger partial charge in [0, 0.05) is 5.41 Å². The van der Waals surface area contributed by atoms with Crippen molar-refractivity contribution in [2.24, 2.45) is 0 Å². The molecule has 3 aromatic rings. The van der Waals surface area contributed by atoms with Crippen LogP contribution >= 0.6 is 0 Å². The maximum absolute atomic E-state index is 13.8. The average molecular weight is 390 g/mol. The van der Waals surface area contributed by atoms with Crippen LogP contribution in [0.15, 0.2) is 96.4 Å². The summed E-state index contributed by atoms with van der Waals surface area (Å²) in [6.45, 7) is 8.07. The number of benzene rings is 3. The molecule has 0 aromatic heterocycles. The minimum absolute atomic E-state index is 0.294. The molecule has 0 unspecified atom stereocenters. The van der Waals surface area contributed by atoms with Crippen molar-refractivity contribution in [3.63, 3.8) is 0 Å². The van der Waals surface area contributed by atoms with E-state index in [1.165, 1.54) is 0 Å². The van der Waals surface area contributed by atoms with Crippen LogP contribution in [-0.2, 0) is 15.4 Å². The van der Waals surface area contributed by atoms with E-state index in [9.17, 15) is 8.42 Å². The Bertz CT molecular complexity index is 1120. The van der Waals surface area contributed by atoms with Gasteiger partial charge in [-0.2, -0.15) is 0 Å². The highest BCUT2D eigenvalue weighted by atomic mass is 32.2. The molecule has 4 rings (SSSR count). The number of nitrogens with zero attached hydrogens (tertiary/aromatic N) is 1. The van der Waals surface area contributed by atoms with E-state index < -0.39 is 21.5 Å². The summed E-state index contributed by atoms with van der Waals surface area (Å²) in [6, 6.07) is 24.1. The van der Waals surface area contributed by atoms with Gasteiger partial charge in [0.1, 0.15) is 0 Å². The van der Waals surface area contributed by atoms with E-state index in [-0.39, 0.29) is 0 Å². The lowest BCUT2D eigenvalue weighted by molar-refractivity contribution is 0.500. The summed E-state index contributed by atoms with van der Waals surface area (Å²) in [6.07, 6.45) is 1.87. The van der Waals surface area contributed by atoms with Gasteiger partial charge >= 0.3 is 0 Å². The molecule has 0 saturated heterocycles. The first-order valence-corrected chi connectivity index (χ1v) is 10.7. The van der Waals surface area contributed by atoms with Gasteiger partial charge in [-0.15, -0.1) is 6.58 Å². The van der Waals surface area contributed by atoms with Crippen LogP contribution in [0.2, 0.25) is 0 Å². The van der Waals surface area contributed by atoms with Gasteiger partial charge in [-0.1, -0.05) is 72.3 Å². The van der Waals surface area contributed by atoms with Gasteiger partial charge in [0.2, 0.25) is 0 Å². The molecule has 1 aliphatic rings. The molecule has 3 aromatic carbocycles. The SMILES string of the molecule is C=C[C@@]1(C)c2ccccc2N(S(=O)(=O)c2ccc(C)cc2)[C@@H]1c1ccccc1. The van der Waals surface area contributed by atoms with Gasteiger partial charge in [0.05, 0.1) is 16.6 Å². The van der Waals surface area contributed by atoms with Crippen LogP contribution in [0.5, 0.6) is 0 Å². The summed E-state index contributed by atoms with van der Waals surface area (Å²) >= 11 is 0. The Labute approximate surface area is 167 Å². The number of anilines is 1. The molecule has 0 bridgehead atoms. The van der Waals surface area contributed by atoms with Crippen molar-refractivity contribution < 1.29 is 8.42 Å². The summed E-state index contributed by atoms with van der Waals surface area (Å²) in [5.74, 6) is 0. The zero-order chi connectivity index (χ0) is 19.9. The smallest absolute Gasteiger partial charge is 0.257 e. The van der Waals surface area contributed by atoms with Gasteiger partial charge in [-0.3, -0.25) is 4.31 Å². The Balaban J connectivity index is 2.00. The normalized spacial score (nSPS) is 21.4. The van der Waals surface area contributed by atoms with Crippen molar-refractivity contribution >= 4 is 15.7 Å². The first kappa shape index (κ1) is 18.5. The monoisotopic (exact) mass is 389 g/mol. The number of aryl methyl sites for hydroxylation is 1. The third-order valence-electron chi connectivity index (χ3n) is 5.64. The lowest BCUT2D eigenvalue weighted by Crippen LogP contribution is -2.38. The van der Waals surface area contributed by atoms with Crippen molar-refractivity contribution in [1.29, 1.82) is 0 Å². The van der Waals surface area contributed by atoms with Crippen molar-refractivity contribution in [2.45, 2.75) is 30.2 Å². The maximum atomic E-state index is 13.8. The molecule has 2 atom stereocenters. The topological polar surface area (TPSA) is 37.4 Å². The van der Waals surface area contributed by atoms with Crippen LogP contribution in [0.1, 0.15) is 29.7 Å². The Kier molecular flexibility index (Phi) is 4.39. The molecule has 3 nitrogen and oxygen atoms in total. The highest BCUT2D eigenvalue weighted by Gasteiger charge is 2.51. The zero-order valence-corrected chi connectivity index (χ0v) is 16.9. The quantitative estimate of drug-likeness (QED) is 0.561. The lowest BCUT2D eigenvalue weighted by Gasteiger charge is -2.34. The van der Waals surface area contributed by atoms with E-state index in [4.69, 9.17) is 0 Å². The molecule has 1 aliphatic heterocycles. The van der Waals surface area contributed by atoms with E-state index in [0.29, 0.717) is 10.6 Å². The molecular weight excluding hydrogens is 366 g/mol. The first-order chi connectivity index (χ1) is 13.4. The molecule has 0 N–H and O–H groups in total. The van der Waals surface area contributed by atoms with Crippen LogP contribution in [0, 0.1) is 6.92 Å². The van der Waals surface area contributed by atoms with Gasteiger partial charge in [-0.25, -0.2) is 8.42 Å². The molecule has 0 fully saturated rings. The van der Waals surface area contributed by atoms with Crippen molar-refractivity contribution in [2.75, 3.05) is 4.31 Å². The van der Waals surface area contributed by atoms with E-state index in [0.717, 1.165) is 16.7 Å². The lowest BCUT2D eigenvalue weighted by atomic mass is 9.76. The Morgan fingerprint density at radius 3 is 2.18 bits per heavy atom. The molecule has 1 heterocycles. The van der Waals surface area contributed by atoms with E-state index in [2.05, 4.69) is 13.5 Å². The Morgan fingerprint density at radius 2 is 1.54 bits per heavy atom. The summed E-state index contributed by atoms with van der Waals surface area (Å²) < 4.78 is 29.1. The standard InChI is InChI=1S/C24H23NO2S/c1-4-24(3)21-12-8-9-13-22(21)25(23(24)19-10-6-5-7-11-19)28(26,27)20-16-14-18(2)15-17-20/h4-17,23H,1H2,2-3H3/t23-,24+/m1/s1. The third kappa shape index (κ3) is 2.68. The molecule has 0 spiro atoms. The minimum atomic E-state index is -3.76. The van der Waals surface area contributed by atoms with Gasteiger partial charge in [0.25, 0.3) is 10.0 Å². The first-order valence-electron chi connectivity index (χ1n) is 9.29. The highest BCUT2D eigenvalue weighted by molar-refractivity contribution is 7.92. The van der Waals surface area contributed by atoms with E-state index in [1.807, 2.05) is 79.7 Å². The second kappa shape index (κ2) is 6.64. The molecular formula is C24H23NO2S. The summed E-state index contributed by atoms with van der Waals surface area (Å²) in [4.78, 5) is 0.294. The van der Waals surface area contributed by atoms with Crippen LogP contribution in [0.3, 0.4) is 0 Å². The molecule has 0 radical (unpaired) electrons. The number of hydrogen-bond donors (Lipinski definition) is 0. The number of sulfonamides is 1. The zero-order valence-electron chi connectivity index (χ0n) is 16.0. The van der Waals surface area contributed by atoms with E-state index >= 15 is 0 Å². The summed E-state index contributed by atoms with van der Waals surface area (Å²) in [5, 5.41) is 0. The van der Waals surface area contributed by atoms with Crippen molar-refractivity contribution in [1.82, 2.24) is 0 Å². The summed E-state index contributed by atoms with van der Waals surface area (Å²) in [5.41, 5.74) is 3.09. The van der Waals surface area contributed by atoms with Crippen molar-refractivity contribution in [3.8, 4) is 0 Å². The fourth-order valence-corrected chi connectivity index (χ4v) is 5.83.